The summed E-state index contributed by atoms with van der Waals surface area (Å²) in [7, 11) is 0. The van der Waals surface area contributed by atoms with Gasteiger partial charge in [0, 0.05) is 36.4 Å². The Morgan fingerprint density at radius 2 is 1.80 bits per heavy atom. The van der Waals surface area contributed by atoms with Crippen LogP contribution >= 0.6 is 0 Å². The number of nitrogens with zero attached hydrogens (tertiary/aromatic N) is 1. The Bertz CT molecular complexity index is 2050. The summed E-state index contributed by atoms with van der Waals surface area (Å²) in [6.45, 7) is 8.49. The Kier molecular flexibility index (Phi) is 12.2. The summed E-state index contributed by atoms with van der Waals surface area (Å²) in [5.74, 6) is -3.39. The molecular weight excluding hydrogens is 782 g/mol. The molecule has 7 rings (SSSR count). The van der Waals surface area contributed by atoms with Gasteiger partial charge < -0.3 is 44.2 Å². The van der Waals surface area contributed by atoms with Crippen LogP contribution in [0.25, 0.3) is 6.08 Å². The van der Waals surface area contributed by atoms with Crippen LogP contribution < -0.4 is 10.6 Å². The number of benzene rings is 2. The van der Waals surface area contributed by atoms with Crippen LogP contribution in [0.3, 0.4) is 0 Å². The fraction of sp³-hybridized carbons (Fsp3) is 0.535. The topological polar surface area (TPSA) is 215 Å². The fourth-order valence-electron chi connectivity index (χ4n) is 8.42. The Morgan fingerprint density at radius 3 is 2.53 bits per heavy atom. The number of fused-ring (bicyclic) bond motifs is 4. The number of hydroxylamine groups is 2. The summed E-state index contributed by atoms with van der Waals surface area (Å²) in [6.07, 6.45) is -1.09. The molecule has 1 saturated carbocycles. The maximum atomic E-state index is 14.6. The van der Waals surface area contributed by atoms with Crippen LogP contribution in [-0.4, -0.2) is 114 Å². The van der Waals surface area contributed by atoms with Crippen molar-refractivity contribution in [1.29, 1.82) is 0 Å². The second-order valence-electron chi connectivity index (χ2n) is 17.4. The molecule has 1 aliphatic carbocycles. The van der Waals surface area contributed by atoms with Crippen molar-refractivity contribution in [3.05, 3.63) is 76.9 Å². The molecule has 17 nitrogen and oxygen atoms in total. The maximum absolute atomic E-state index is 14.6. The molecule has 322 valence electrons. The van der Waals surface area contributed by atoms with Gasteiger partial charge in [0.15, 0.2) is 6.04 Å². The van der Waals surface area contributed by atoms with Crippen molar-refractivity contribution in [2.45, 2.75) is 115 Å². The van der Waals surface area contributed by atoms with Crippen molar-refractivity contribution >= 4 is 41.8 Å². The minimum absolute atomic E-state index is 0.00608. The van der Waals surface area contributed by atoms with E-state index in [1.165, 1.54) is 17.2 Å². The molecule has 0 radical (unpaired) electrons. The highest BCUT2D eigenvalue weighted by molar-refractivity contribution is 5.95. The first kappa shape index (κ1) is 42.9. The zero-order chi connectivity index (χ0) is 43.0. The van der Waals surface area contributed by atoms with Gasteiger partial charge in [-0.25, -0.2) is 9.59 Å². The molecule has 60 heavy (non-hydrogen) atoms. The molecule has 8 unspecified atom stereocenters. The molecule has 2 aromatic carbocycles. The quantitative estimate of drug-likeness (QED) is 0.142. The second kappa shape index (κ2) is 17.0. The van der Waals surface area contributed by atoms with E-state index in [9.17, 15) is 33.9 Å². The summed E-state index contributed by atoms with van der Waals surface area (Å²) in [5.41, 5.74) is -0.688. The summed E-state index contributed by atoms with van der Waals surface area (Å²) in [6, 6.07) is 11.8. The van der Waals surface area contributed by atoms with Gasteiger partial charge in [0.1, 0.15) is 48.8 Å². The van der Waals surface area contributed by atoms with Gasteiger partial charge in [-0.2, -0.15) is 5.06 Å². The predicted octanol–water partition coefficient (Wildman–Crippen LogP) is 2.27. The first-order valence-electron chi connectivity index (χ1n) is 20.0. The van der Waals surface area contributed by atoms with Gasteiger partial charge in [-0.3, -0.25) is 24.0 Å². The monoisotopic (exact) mass is 833 g/mol. The molecule has 5 aliphatic rings. The van der Waals surface area contributed by atoms with Crippen molar-refractivity contribution in [1.82, 2.24) is 15.7 Å². The highest BCUT2D eigenvalue weighted by Gasteiger charge is 2.74. The third-order valence-electron chi connectivity index (χ3n) is 11.3. The second-order valence-corrected chi connectivity index (χ2v) is 17.4. The lowest BCUT2D eigenvalue weighted by atomic mass is 9.62. The Hall–Kier alpha value is -5.20. The average molecular weight is 834 g/mol. The third-order valence-corrected chi connectivity index (χ3v) is 11.3. The number of hydrogen-bond donors (Lipinski definition) is 3. The van der Waals surface area contributed by atoms with E-state index in [-0.39, 0.29) is 57.9 Å². The number of nitrogens with one attached hydrogen (secondary N) is 2. The lowest BCUT2D eigenvalue weighted by Gasteiger charge is -2.48. The highest BCUT2D eigenvalue weighted by Crippen LogP contribution is 2.55. The van der Waals surface area contributed by atoms with Crippen LogP contribution in [0.15, 0.2) is 54.6 Å². The highest BCUT2D eigenvalue weighted by atomic mass is 16.8. The molecule has 2 amide bonds. The SMILES string of the molecule is CC(C)(C)OC(=O)CCC(CO)NC(=O)c1cccc(CNC(=O)C23CC4OC(=O)C2N(Cc2ccccc2C=CC(=O)OC2C(=O)OCC2(C)C)OC3C2OCOC42)c1. The summed E-state index contributed by atoms with van der Waals surface area (Å²) in [5, 5.41) is 17.1. The van der Waals surface area contributed by atoms with Crippen molar-refractivity contribution in [3.8, 4) is 0 Å². The smallest absolute Gasteiger partial charge is 0.348 e. The molecule has 8 atom stereocenters. The van der Waals surface area contributed by atoms with E-state index in [0.29, 0.717) is 16.7 Å². The molecule has 3 N–H and O–H groups in total. The number of ether oxygens (including phenoxy) is 6. The fourth-order valence-corrected chi connectivity index (χ4v) is 8.42. The number of rotatable bonds is 14. The van der Waals surface area contributed by atoms with E-state index < -0.39 is 94.7 Å². The van der Waals surface area contributed by atoms with Crippen molar-refractivity contribution in [2.24, 2.45) is 10.8 Å². The zero-order valence-electron chi connectivity index (χ0n) is 34.2. The summed E-state index contributed by atoms with van der Waals surface area (Å²) in [4.78, 5) is 85.5. The lowest BCUT2D eigenvalue weighted by molar-refractivity contribution is -0.201. The van der Waals surface area contributed by atoms with Gasteiger partial charge >= 0.3 is 23.9 Å². The maximum Gasteiger partial charge on any atom is 0.348 e. The standard InChI is InChI=1S/C43H51N3O14/c1-41(2,3)59-31(49)16-14-28(21-47)45-37(50)26-12-8-9-24(17-26)19-44-40(53)43-18-29-32-33(56-23-55-32)35(43)60-46(34(43)38(51)57-29)20-27-11-7-6-10-25(27)13-15-30(48)58-36-39(52)54-22-42(36,4)5/h6-13,15,17,28-29,32-36,47H,14,16,18-23H2,1-5H3,(H,44,53)(H,45,50). The minimum atomic E-state index is -1.45. The van der Waals surface area contributed by atoms with Crippen LogP contribution in [0.4, 0.5) is 0 Å². The molecule has 4 heterocycles. The van der Waals surface area contributed by atoms with Crippen molar-refractivity contribution < 1.29 is 67.1 Å². The normalized spacial score (nSPS) is 28.4. The van der Waals surface area contributed by atoms with E-state index in [1.54, 1.807) is 83.1 Å². The van der Waals surface area contributed by atoms with Crippen LogP contribution in [0.1, 0.15) is 80.9 Å². The number of aliphatic hydroxyl groups is 1. The molecule has 2 aromatic rings. The first-order valence-corrected chi connectivity index (χ1v) is 20.0. The molecule has 0 aromatic heterocycles. The number of carbonyl (C=O) groups is 6. The van der Waals surface area contributed by atoms with Gasteiger partial charge in [0.2, 0.25) is 12.0 Å². The Morgan fingerprint density at radius 1 is 1.03 bits per heavy atom. The van der Waals surface area contributed by atoms with Crippen molar-refractivity contribution in [3.63, 3.8) is 0 Å². The minimum Gasteiger partial charge on any atom is -0.462 e. The molecule has 4 aliphatic heterocycles. The van der Waals surface area contributed by atoms with Gasteiger partial charge in [0.05, 0.1) is 19.2 Å². The Balaban J connectivity index is 1.05. The number of cyclic esters (lactones) is 1. The van der Waals surface area contributed by atoms with E-state index in [2.05, 4.69) is 10.6 Å². The van der Waals surface area contributed by atoms with Crippen LogP contribution in [-0.2, 0) is 70.3 Å². The average Bonchev–Trinajstić information content (AvgIpc) is 3.90. The number of carbonyl (C=O) groups excluding carboxylic acids is 6. The van der Waals surface area contributed by atoms with Gasteiger partial charge in [-0.1, -0.05) is 50.2 Å². The largest absolute Gasteiger partial charge is 0.462 e. The Labute approximate surface area is 346 Å². The molecule has 0 spiro atoms. The molecule has 5 fully saturated rings. The molecule has 17 heteroatoms. The van der Waals surface area contributed by atoms with Gasteiger partial charge in [-0.15, -0.1) is 0 Å². The lowest BCUT2D eigenvalue weighted by Crippen LogP contribution is -2.69. The van der Waals surface area contributed by atoms with Gasteiger partial charge in [-0.05, 0) is 62.1 Å². The molecular formula is C43H51N3O14. The first-order chi connectivity index (χ1) is 28.5. The third kappa shape index (κ3) is 8.81. The molecule has 4 saturated heterocycles. The van der Waals surface area contributed by atoms with E-state index >= 15 is 0 Å². The number of hydrogen-bond acceptors (Lipinski definition) is 15. The molecule has 2 bridgehead atoms. The van der Waals surface area contributed by atoms with Crippen molar-refractivity contribution in [2.75, 3.05) is 20.0 Å². The zero-order valence-corrected chi connectivity index (χ0v) is 34.2. The number of amides is 2. The van der Waals surface area contributed by atoms with Gasteiger partial charge in [0.25, 0.3) is 5.91 Å². The van der Waals surface area contributed by atoms with Crippen LogP contribution in [0.2, 0.25) is 0 Å². The summed E-state index contributed by atoms with van der Waals surface area (Å²) < 4.78 is 33.5. The van der Waals surface area contributed by atoms with Crippen LogP contribution in [0.5, 0.6) is 0 Å². The van der Waals surface area contributed by atoms with E-state index in [4.69, 9.17) is 33.3 Å². The summed E-state index contributed by atoms with van der Waals surface area (Å²) >= 11 is 0. The van der Waals surface area contributed by atoms with Crippen LogP contribution in [0, 0.1) is 10.8 Å². The number of esters is 4. The predicted molar refractivity (Wildman–Crippen MR) is 208 cm³/mol. The number of aliphatic hydroxyl groups excluding tert-OH is 1. The van der Waals surface area contributed by atoms with E-state index in [0.717, 1.165) is 0 Å². The van der Waals surface area contributed by atoms with E-state index in [1.807, 2.05) is 0 Å².